The first-order chi connectivity index (χ1) is 13.1. The third kappa shape index (κ3) is 3.36. The van der Waals surface area contributed by atoms with Gasteiger partial charge in [0, 0.05) is 32.7 Å². The van der Waals surface area contributed by atoms with Crippen molar-refractivity contribution in [2.24, 2.45) is 0 Å². The van der Waals surface area contributed by atoms with Gasteiger partial charge in [-0.05, 0) is 37.3 Å². The number of ether oxygens (including phenoxy) is 1. The van der Waals surface area contributed by atoms with E-state index in [-0.39, 0.29) is 18.5 Å². The monoisotopic (exact) mass is 372 g/mol. The quantitative estimate of drug-likeness (QED) is 0.819. The number of carbonyl (C=O) groups is 2. The van der Waals surface area contributed by atoms with Gasteiger partial charge in [-0.3, -0.25) is 9.69 Å². The molecule has 1 aromatic carbocycles. The van der Waals surface area contributed by atoms with Gasteiger partial charge in [-0.2, -0.15) is 0 Å². The third-order valence-corrected chi connectivity index (χ3v) is 6.36. The van der Waals surface area contributed by atoms with Crippen LogP contribution in [-0.2, 0) is 9.53 Å². The van der Waals surface area contributed by atoms with Gasteiger partial charge in [0.15, 0.2) is 0 Å². The summed E-state index contributed by atoms with van der Waals surface area (Å²) in [5.41, 5.74) is 0.674. The summed E-state index contributed by atoms with van der Waals surface area (Å²) in [5, 5.41) is 9.13. The minimum Gasteiger partial charge on any atom is -0.454 e. The minimum atomic E-state index is -0.691. The van der Waals surface area contributed by atoms with Crippen LogP contribution in [0.3, 0.4) is 0 Å². The molecule has 4 rings (SSSR count). The molecule has 3 aliphatic rings. The van der Waals surface area contributed by atoms with Gasteiger partial charge in [0.1, 0.15) is 11.5 Å². The van der Waals surface area contributed by atoms with Gasteiger partial charge in [-0.25, -0.2) is 4.79 Å². The summed E-state index contributed by atoms with van der Waals surface area (Å²) in [6, 6.07) is 7.44. The second-order valence-corrected chi connectivity index (χ2v) is 7.93. The van der Waals surface area contributed by atoms with E-state index in [1.807, 2.05) is 23.1 Å². The Morgan fingerprint density at radius 3 is 2.52 bits per heavy atom. The number of rotatable bonds is 3. The Bertz CT molecular complexity index is 706. The molecule has 2 aliphatic heterocycles. The lowest BCUT2D eigenvalue weighted by molar-refractivity contribution is -0.145. The van der Waals surface area contributed by atoms with Crippen LogP contribution in [0, 0.1) is 0 Å². The Morgan fingerprint density at radius 2 is 1.81 bits per heavy atom. The lowest BCUT2D eigenvalue weighted by Crippen LogP contribution is -2.56. The van der Waals surface area contributed by atoms with E-state index in [4.69, 9.17) is 9.84 Å². The number of aliphatic hydroxyl groups is 1. The van der Waals surface area contributed by atoms with Gasteiger partial charge in [-0.15, -0.1) is 0 Å². The van der Waals surface area contributed by atoms with E-state index in [9.17, 15) is 9.59 Å². The van der Waals surface area contributed by atoms with E-state index in [1.165, 1.54) is 0 Å². The van der Waals surface area contributed by atoms with Crippen LogP contribution in [0.2, 0.25) is 0 Å². The molecule has 0 aromatic heterocycles. The molecule has 0 unspecified atom stereocenters. The van der Waals surface area contributed by atoms with Gasteiger partial charge in [0.2, 0.25) is 5.91 Å². The number of aliphatic hydroxyl groups excluding tert-OH is 1. The van der Waals surface area contributed by atoms with Crippen LogP contribution in [0.5, 0.6) is 0 Å². The standard InChI is InChI=1S/C21H28N2O4/c24-15-14-22-10-12-23(13-11-22)19(25)18-16-6-2-3-7-17(16)20(26)27-21(18)8-4-1-5-9-21/h2-3,6-7,18,24H,1,4-5,8-15H2/t18-/m1/s1. The number of nitrogens with zero attached hydrogens (tertiary/aromatic N) is 2. The summed E-state index contributed by atoms with van der Waals surface area (Å²) < 4.78 is 6.00. The molecule has 6 heteroatoms. The maximum absolute atomic E-state index is 13.6. The molecule has 1 saturated heterocycles. The molecule has 6 nitrogen and oxygen atoms in total. The van der Waals surface area contributed by atoms with Crippen molar-refractivity contribution in [1.82, 2.24) is 9.80 Å². The molecule has 1 atom stereocenters. The fourth-order valence-corrected chi connectivity index (χ4v) is 4.93. The van der Waals surface area contributed by atoms with Crippen LogP contribution in [0.25, 0.3) is 0 Å². The Kier molecular flexibility index (Phi) is 5.19. The van der Waals surface area contributed by atoms with Gasteiger partial charge in [0.05, 0.1) is 12.2 Å². The van der Waals surface area contributed by atoms with Gasteiger partial charge < -0.3 is 14.7 Å². The summed E-state index contributed by atoms with van der Waals surface area (Å²) in [7, 11) is 0. The van der Waals surface area contributed by atoms with E-state index in [0.29, 0.717) is 25.2 Å². The Balaban J connectivity index is 1.64. The molecule has 146 valence electrons. The van der Waals surface area contributed by atoms with E-state index in [2.05, 4.69) is 4.90 Å². The fraction of sp³-hybridized carbons (Fsp3) is 0.619. The highest BCUT2D eigenvalue weighted by molar-refractivity contribution is 5.98. The smallest absolute Gasteiger partial charge is 0.339 e. The van der Waals surface area contributed by atoms with Gasteiger partial charge in [0.25, 0.3) is 0 Å². The summed E-state index contributed by atoms with van der Waals surface area (Å²) in [6.07, 6.45) is 4.62. The normalized spacial score (nSPS) is 25.1. The van der Waals surface area contributed by atoms with Crippen molar-refractivity contribution in [2.75, 3.05) is 39.3 Å². The zero-order valence-electron chi connectivity index (χ0n) is 15.7. The third-order valence-electron chi connectivity index (χ3n) is 6.36. The van der Waals surface area contributed by atoms with E-state index >= 15 is 0 Å². The Morgan fingerprint density at radius 1 is 1.11 bits per heavy atom. The molecule has 2 fully saturated rings. The number of amides is 1. The van der Waals surface area contributed by atoms with Crippen LogP contribution in [0.4, 0.5) is 0 Å². The van der Waals surface area contributed by atoms with Crippen molar-refractivity contribution in [2.45, 2.75) is 43.6 Å². The molecule has 1 aliphatic carbocycles. The van der Waals surface area contributed by atoms with Gasteiger partial charge >= 0.3 is 5.97 Å². The van der Waals surface area contributed by atoms with Crippen molar-refractivity contribution in [1.29, 1.82) is 0 Å². The van der Waals surface area contributed by atoms with Crippen molar-refractivity contribution >= 4 is 11.9 Å². The first kappa shape index (κ1) is 18.4. The number of esters is 1. The number of hydrogen-bond acceptors (Lipinski definition) is 5. The largest absolute Gasteiger partial charge is 0.454 e. The van der Waals surface area contributed by atoms with E-state index in [1.54, 1.807) is 6.07 Å². The lowest BCUT2D eigenvalue weighted by atomic mass is 9.69. The highest BCUT2D eigenvalue weighted by Crippen LogP contribution is 2.48. The van der Waals surface area contributed by atoms with Crippen molar-refractivity contribution in [3.8, 4) is 0 Å². The summed E-state index contributed by atoms with van der Waals surface area (Å²) in [4.78, 5) is 30.4. The van der Waals surface area contributed by atoms with Crippen LogP contribution in [-0.4, -0.2) is 71.7 Å². The average Bonchev–Trinajstić information content (AvgIpc) is 2.69. The van der Waals surface area contributed by atoms with Crippen molar-refractivity contribution < 1.29 is 19.4 Å². The second-order valence-electron chi connectivity index (χ2n) is 7.93. The number of β-amino-alcohol motifs (C(OH)–C–C–N with tert-alkyl or cyclic N) is 1. The maximum Gasteiger partial charge on any atom is 0.339 e. The minimum absolute atomic E-state index is 0.0838. The summed E-state index contributed by atoms with van der Waals surface area (Å²) >= 11 is 0. The van der Waals surface area contributed by atoms with Crippen LogP contribution < -0.4 is 0 Å². The van der Waals surface area contributed by atoms with E-state index in [0.717, 1.165) is 50.8 Å². The topological polar surface area (TPSA) is 70.1 Å². The highest BCUT2D eigenvalue weighted by atomic mass is 16.6. The van der Waals surface area contributed by atoms with Crippen molar-refractivity contribution in [3.05, 3.63) is 35.4 Å². The molecule has 1 spiro atoms. The highest BCUT2D eigenvalue weighted by Gasteiger charge is 2.53. The SMILES string of the molecule is O=C1OC2(CCCCC2)[C@@H](C(=O)N2CCN(CCO)CC2)c2ccccc21. The van der Waals surface area contributed by atoms with Crippen LogP contribution in [0.15, 0.2) is 24.3 Å². The number of benzene rings is 1. The predicted molar refractivity (Wildman–Crippen MR) is 101 cm³/mol. The number of piperazine rings is 1. The number of fused-ring (bicyclic) bond motifs is 1. The fourth-order valence-electron chi connectivity index (χ4n) is 4.93. The van der Waals surface area contributed by atoms with Crippen LogP contribution >= 0.6 is 0 Å². The zero-order chi connectivity index (χ0) is 18.9. The van der Waals surface area contributed by atoms with Crippen molar-refractivity contribution in [3.63, 3.8) is 0 Å². The molecule has 0 radical (unpaired) electrons. The molecule has 2 heterocycles. The molecular weight excluding hydrogens is 344 g/mol. The molecular formula is C21H28N2O4. The molecule has 1 aromatic rings. The molecule has 1 N–H and O–H groups in total. The molecule has 1 saturated carbocycles. The van der Waals surface area contributed by atoms with E-state index < -0.39 is 11.5 Å². The summed E-state index contributed by atoms with van der Waals surface area (Å²) in [5.74, 6) is -0.610. The second kappa shape index (κ2) is 7.60. The Hall–Kier alpha value is -1.92. The first-order valence-electron chi connectivity index (χ1n) is 10.1. The molecule has 0 bridgehead atoms. The summed E-state index contributed by atoms with van der Waals surface area (Å²) in [6.45, 7) is 3.64. The zero-order valence-corrected chi connectivity index (χ0v) is 15.7. The number of carbonyl (C=O) groups excluding carboxylic acids is 2. The predicted octanol–water partition coefficient (Wildman–Crippen LogP) is 1.78. The maximum atomic E-state index is 13.6. The molecule has 1 amide bonds. The number of hydrogen-bond donors (Lipinski definition) is 1. The average molecular weight is 372 g/mol. The lowest BCUT2D eigenvalue weighted by Gasteiger charge is -2.47. The van der Waals surface area contributed by atoms with Gasteiger partial charge in [-0.1, -0.05) is 24.6 Å². The Labute approximate surface area is 160 Å². The first-order valence-corrected chi connectivity index (χ1v) is 10.1. The van der Waals surface area contributed by atoms with Crippen LogP contribution in [0.1, 0.15) is 53.9 Å². The molecule has 27 heavy (non-hydrogen) atoms.